The third-order valence-electron chi connectivity index (χ3n) is 2.12. The molecule has 2 aromatic rings. The van der Waals surface area contributed by atoms with Crippen molar-refractivity contribution in [3.8, 4) is 0 Å². The molecule has 0 bridgehead atoms. The maximum Gasteiger partial charge on any atom is 0.338 e. The highest BCUT2D eigenvalue weighted by atomic mass is 79.9. The predicted octanol–water partition coefficient (Wildman–Crippen LogP) is 3.46. The molecule has 0 atom stereocenters. The molecule has 1 amide bonds. The summed E-state index contributed by atoms with van der Waals surface area (Å²) in [6.45, 7) is -0.359. The summed E-state index contributed by atoms with van der Waals surface area (Å²) in [5.41, 5.74) is 0.379. The fourth-order valence-electron chi connectivity index (χ4n) is 1.30. The monoisotopic (exact) mass is 418 g/mol. The maximum atomic E-state index is 11.7. The molecule has 0 fully saturated rings. The SMILES string of the molecule is O=C(COC(=O)c1cccc(Br)c1)Nc1ncc(Br)s1. The van der Waals surface area contributed by atoms with Crippen molar-refractivity contribution in [2.24, 2.45) is 0 Å². The van der Waals surface area contributed by atoms with Crippen molar-refractivity contribution in [2.45, 2.75) is 0 Å². The highest BCUT2D eigenvalue weighted by Crippen LogP contribution is 2.22. The zero-order valence-electron chi connectivity index (χ0n) is 9.93. The highest BCUT2D eigenvalue weighted by Gasteiger charge is 2.11. The van der Waals surface area contributed by atoms with Crippen LogP contribution < -0.4 is 5.32 Å². The van der Waals surface area contributed by atoms with E-state index in [4.69, 9.17) is 4.74 Å². The average Bonchev–Trinajstić information content (AvgIpc) is 2.81. The summed E-state index contributed by atoms with van der Waals surface area (Å²) in [6.07, 6.45) is 1.58. The first-order valence-electron chi connectivity index (χ1n) is 5.38. The number of hydrogen-bond acceptors (Lipinski definition) is 5. The van der Waals surface area contributed by atoms with E-state index in [1.54, 1.807) is 30.5 Å². The first-order valence-corrected chi connectivity index (χ1v) is 7.79. The van der Waals surface area contributed by atoms with Crippen molar-refractivity contribution >= 4 is 60.2 Å². The van der Waals surface area contributed by atoms with Crippen molar-refractivity contribution in [3.05, 3.63) is 44.3 Å². The number of carbonyl (C=O) groups excluding carboxylic acids is 2. The number of halogens is 2. The normalized spacial score (nSPS) is 10.1. The number of amides is 1. The van der Waals surface area contributed by atoms with E-state index in [1.807, 2.05) is 0 Å². The van der Waals surface area contributed by atoms with Crippen LogP contribution in [0.4, 0.5) is 5.13 Å². The number of nitrogens with zero attached hydrogens (tertiary/aromatic N) is 1. The molecule has 0 radical (unpaired) electrons. The van der Waals surface area contributed by atoms with Gasteiger partial charge in [0.1, 0.15) is 0 Å². The van der Waals surface area contributed by atoms with Gasteiger partial charge in [0.25, 0.3) is 5.91 Å². The number of anilines is 1. The molecule has 104 valence electrons. The molecule has 1 N–H and O–H groups in total. The summed E-state index contributed by atoms with van der Waals surface area (Å²) < 4.78 is 6.49. The molecule has 20 heavy (non-hydrogen) atoms. The number of thiazole rings is 1. The second-order valence-electron chi connectivity index (χ2n) is 3.60. The van der Waals surface area contributed by atoms with Crippen LogP contribution in [0.3, 0.4) is 0 Å². The zero-order chi connectivity index (χ0) is 14.5. The van der Waals surface area contributed by atoms with E-state index < -0.39 is 11.9 Å². The van der Waals surface area contributed by atoms with E-state index in [2.05, 4.69) is 42.2 Å². The van der Waals surface area contributed by atoms with Gasteiger partial charge in [-0.1, -0.05) is 33.3 Å². The van der Waals surface area contributed by atoms with Crippen LogP contribution in [-0.4, -0.2) is 23.5 Å². The first kappa shape index (κ1) is 15.1. The highest BCUT2D eigenvalue weighted by molar-refractivity contribution is 9.11. The molecule has 0 aliphatic heterocycles. The topological polar surface area (TPSA) is 68.3 Å². The third kappa shape index (κ3) is 4.39. The molecular formula is C12H8Br2N2O3S. The standard InChI is InChI=1S/C12H8Br2N2O3S/c13-8-3-1-2-7(4-8)11(18)19-6-10(17)16-12-15-5-9(14)20-12/h1-5H,6H2,(H,15,16,17). The Kier molecular flexibility index (Phi) is 5.27. The van der Waals surface area contributed by atoms with Gasteiger partial charge in [-0.2, -0.15) is 0 Å². The number of hydrogen-bond donors (Lipinski definition) is 1. The molecule has 5 nitrogen and oxygen atoms in total. The van der Waals surface area contributed by atoms with Gasteiger partial charge in [-0.3, -0.25) is 10.1 Å². The molecule has 0 aliphatic rings. The van der Waals surface area contributed by atoms with Crippen LogP contribution in [0.25, 0.3) is 0 Å². The summed E-state index contributed by atoms with van der Waals surface area (Å²) in [7, 11) is 0. The van der Waals surface area contributed by atoms with Crippen LogP contribution >= 0.6 is 43.2 Å². The second-order valence-corrected chi connectivity index (χ2v) is 6.93. The van der Waals surface area contributed by atoms with Gasteiger partial charge in [-0.25, -0.2) is 9.78 Å². The van der Waals surface area contributed by atoms with Gasteiger partial charge < -0.3 is 4.74 Å². The fourth-order valence-corrected chi connectivity index (χ4v) is 2.82. The molecule has 8 heteroatoms. The van der Waals surface area contributed by atoms with Crippen LogP contribution in [-0.2, 0) is 9.53 Å². The Labute approximate surface area is 135 Å². The molecule has 0 unspecified atom stereocenters. The van der Waals surface area contributed by atoms with Gasteiger partial charge in [-0.15, -0.1) is 0 Å². The van der Waals surface area contributed by atoms with E-state index in [1.165, 1.54) is 11.3 Å². The minimum atomic E-state index is -0.554. The fraction of sp³-hybridized carbons (Fsp3) is 0.0833. The van der Waals surface area contributed by atoms with E-state index in [0.29, 0.717) is 10.7 Å². The summed E-state index contributed by atoms with van der Waals surface area (Å²) in [5.74, 6) is -0.989. The number of nitrogens with one attached hydrogen (secondary N) is 1. The van der Waals surface area contributed by atoms with Crippen molar-refractivity contribution in [1.82, 2.24) is 4.98 Å². The summed E-state index contributed by atoms with van der Waals surface area (Å²) in [4.78, 5) is 27.2. The Bertz CT molecular complexity index is 645. The van der Waals surface area contributed by atoms with E-state index in [-0.39, 0.29) is 6.61 Å². The van der Waals surface area contributed by atoms with E-state index in [0.717, 1.165) is 8.26 Å². The Hall–Kier alpha value is -1.25. The van der Waals surface area contributed by atoms with E-state index >= 15 is 0 Å². The smallest absolute Gasteiger partial charge is 0.338 e. The molecule has 1 aromatic carbocycles. The lowest BCUT2D eigenvalue weighted by molar-refractivity contribution is -0.119. The molecular weight excluding hydrogens is 412 g/mol. The third-order valence-corrected chi connectivity index (χ3v) is 4.00. The zero-order valence-corrected chi connectivity index (χ0v) is 13.9. The van der Waals surface area contributed by atoms with Gasteiger partial charge in [0.2, 0.25) is 0 Å². The van der Waals surface area contributed by atoms with Crippen molar-refractivity contribution in [1.29, 1.82) is 0 Å². The number of ether oxygens (including phenoxy) is 1. The Morgan fingerprint density at radius 1 is 1.35 bits per heavy atom. The molecule has 1 aromatic heterocycles. The quantitative estimate of drug-likeness (QED) is 0.770. The van der Waals surface area contributed by atoms with Gasteiger partial charge >= 0.3 is 5.97 Å². The van der Waals surface area contributed by atoms with Crippen molar-refractivity contribution in [2.75, 3.05) is 11.9 Å². The summed E-state index contributed by atoms with van der Waals surface area (Å²) in [6, 6.07) is 6.75. The minimum absolute atomic E-state index is 0.359. The predicted molar refractivity (Wildman–Crippen MR) is 82.9 cm³/mol. The van der Waals surface area contributed by atoms with Crippen LogP contribution in [0.15, 0.2) is 38.7 Å². The molecule has 0 spiro atoms. The van der Waals surface area contributed by atoms with E-state index in [9.17, 15) is 9.59 Å². The van der Waals surface area contributed by atoms with Crippen LogP contribution in [0, 0.1) is 0 Å². The minimum Gasteiger partial charge on any atom is -0.452 e. The average molecular weight is 420 g/mol. The van der Waals surface area contributed by atoms with Gasteiger partial charge in [0.05, 0.1) is 15.5 Å². The Morgan fingerprint density at radius 2 is 2.15 bits per heavy atom. The molecule has 0 saturated carbocycles. The van der Waals surface area contributed by atoms with Gasteiger partial charge in [0.15, 0.2) is 11.7 Å². The Balaban J connectivity index is 1.85. The van der Waals surface area contributed by atoms with Crippen LogP contribution in [0.1, 0.15) is 10.4 Å². The maximum absolute atomic E-state index is 11.7. The lowest BCUT2D eigenvalue weighted by Crippen LogP contribution is -2.20. The number of carbonyl (C=O) groups is 2. The number of rotatable bonds is 4. The summed E-state index contributed by atoms with van der Waals surface area (Å²) in [5, 5.41) is 2.98. The number of esters is 1. The number of benzene rings is 1. The van der Waals surface area contributed by atoms with Crippen molar-refractivity contribution in [3.63, 3.8) is 0 Å². The second kappa shape index (κ2) is 6.96. The molecule has 2 rings (SSSR count). The lowest BCUT2D eigenvalue weighted by atomic mass is 10.2. The molecule has 0 saturated heterocycles. The largest absolute Gasteiger partial charge is 0.452 e. The number of aromatic nitrogens is 1. The lowest BCUT2D eigenvalue weighted by Gasteiger charge is -2.04. The van der Waals surface area contributed by atoms with Crippen LogP contribution in [0.5, 0.6) is 0 Å². The Morgan fingerprint density at radius 3 is 2.80 bits per heavy atom. The molecule has 1 heterocycles. The first-order chi connectivity index (χ1) is 9.54. The summed E-state index contributed by atoms with van der Waals surface area (Å²) >= 11 is 7.77. The van der Waals surface area contributed by atoms with Crippen molar-refractivity contribution < 1.29 is 14.3 Å². The van der Waals surface area contributed by atoms with Gasteiger partial charge in [-0.05, 0) is 34.1 Å². The molecule has 0 aliphatic carbocycles. The van der Waals surface area contributed by atoms with Gasteiger partial charge in [0, 0.05) is 4.47 Å². The van der Waals surface area contributed by atoms with Crippen LogP contribution in [0.2, 0.25) is 0 Å².